The Morgan fingerprint density at radius 3 is 2.28 bits per heavy atom. The average molecular weight is 293 g/mol. The van der Waals surface area contributed by atoms with Gasteiger partial charge in [-0.2, -0.15) is 0 Å². The summed E-state index contributed by atoms with van der Waals surface area (Å²) in [5.41, 5.74) is 0.725. The summed E-state index contributed by atoms with van der Waals surface area (Å²) >= 11 is 6.10. The van der Waals surface area contributed by atoms with Crippen LogP contribution in [0.5, 0.6) is 5.75 Å². The second-order valence-corrected chi connectivity index (χ2v) is 6.02. The third-order valence-corrected chi connectivity index (χ3v) is 4.66. The van der Waals surface area contributed by atoms with Crippen LogP contribution in [-0.2, 0) is 19.8 Å². The third kappa shape index (κ3) is 4.29. The van der Waals surface area contributed by atoms with Crippen molar-refractivity contribution in [1.29, 1.82) is 0 Å². The molecule has 0 fully saturated rings. The van der Waals surface area contributed by atoms with Gasteiger partial charge < -0.3 is 13.8 Å². The lowest BCUT2D eigenvalue weighted by atomic mass is 10.2. The summed E-state index contributed by atoms with van der Waals surface area (Å²) in [5.74, 6) is 0.659. The Morgan fingerprint density at radius 1 is 1.22 bits per heavy atom. The van der Waals surface area contributed by atoms with Crippen LogP contribution in [0.15, 0.2) is 18.2 Å². The zero-order valence-electron chi connectivity index (χ0n) is 10.8. The Balaban J connectivity index is 2.90. The first-order valence-electron chi connectivity index (χ1n) is 5.75. The highest BCUT2D eigenvalue weighted by molar-refractivity contribution is 7.53. The first-order chi connectivity index (χ1) is 8.54. The van der Waals surface area contributed by atoms with Crippen molar-refractivity contribution in [2.24, 2.45) is 0 Å². The smallest absolute Gasteiger partial charge is 0.335 e. The molecule has 0 amide bonds. The van der Waals surface area contributed by atoms with Gasteiger partial charge in [0, 0.05) is 5.02 Å². The minimum absolute atomic E-state index is 0.164. The molecule has 0 aliphatic carbocycles. The number of hydrogen-bond donors (Lipinski definition) is 0. The lowest BCUT2D eigenvalue weighted by Gasteiger charge is -2.17. The topological polar surface area (TPSA) is 44.8 Å². The molecule has 0 heterocycles. The van der Waals surface area contributed by atoms with E-state index in [1.165, 1.54) is 0 Å². The molecule has 102 valence electrons. The van der Waals surface area contributed by atoms with Crippen molar-refractivity contribution in [2.75, 3.05) is 20.3 Å². The number of hydrogen-bond acceptors (Lipinski definition) is 4. The molecule has 18 heavy (non-hydrogen) atoms. The van der Waals surface area contributed by atoms with Crippen LogP contribution in [0, 0.1) is 0 Å². The van der Waals surface area contributed by atoms with Crippen molar-refractivity contribution >= 4 is 19.2 Å². The molecular weight excluding hydrogens is 275 g/mol. The molecule has 0 bridgehead atoms. The number of halogens is 1. The third-order valence-electron chi connectivity index (χ3n) is 2.28. The molecule has 0 aromatic heterocycles. The van der Waals surface area contributed by atoms with E-state index in [-0.39, 0.29) is 6.16 Å². The normalized spacial score (nSPS) is 11.6. The molecular formula is C12H18ClO4P. The van der Waals surface area contributed by atoms with E-state index < -0.39 is 7.60 Å². The zero-order valence-corrected chi connectivity index (χ0v) is 12.5. The predicted molar refractivity (Wildman–Crippen MR) is 72.6 cm³/mol. The molecule has 0 N–H and O–H groups in total. The lowest BCUT2D eigenvalue weighted by molar-refractivity contribution is 0.219. The Labute approximate surface area is 113 Å². The summed E-state index contributed by atoms with van der Waals surface area (Å²) in [5, 5.41) is 0.494. The van der Waals surface area contributed by atoms with E-state index in [2.05, 4.69) is 0 Å². The monoisotopic (exact) mass is 292 g/mol. The largest absolute Gasteiger partial charge is 0.497 e. The van der Waals surface area contributed by atoms with Crippen molar-refractivity contribution in [3.63, 3.8) is 0 Å². The molecule has 0 radical (unpaired) electrons. The average Bonchev–Trinajstić information content (AvgIpc) is 2.32. The number of benzene rings is 1. The summed E-state index contributed by atoms with van der Waals surface area (Å²) in [6, 6.07) is 5.22. The molecule has 1 aromatic carbocycles. The number of rotatable bonds is 7. The molecule has 0 aliphatic rings. The SMILES string of the molecule is CCOP(=O)(Cc1ccc(OC)cc1Cl)OCC. The van der Waals surface area contributed by atoms with E-state index in [1.54, 1.807) is 39.2 Å². The van der Waals surface area contributed by atoms with Crippen molar-refractivity contribution in [2.45, 2.75) is 20.0 Å². The Kier molecular flexibility index (Phi) is 6.16. The molecule has 4 nitrogen and oxygen atoms in total. The van der Waals surface area contributed by atoms with Crippen molar-refractivity contribution in [3.05, 3.63) is 28.8 Å². The minimum Gasteiger partial charge on any atom is -0.497 e. The van der Waals surface area contributed by atoms with E-state index in [4.69, 9.17) is 25.4 Å². The summed E-state index contributed by atoms with van der Waals surface area (Å²) in [6.07, 6.45) is 0.164. The minimum atomic E-state index is -3.12. The van der Waals surface area contributed by atoms with Crippen LogP contribution in [0.1, 0.15) is 19.4 Å². The van der Waals surface area contributed by atoms with Crippen LogP contribution in [0.2, 0.25) is 5.02 Å². The molecule has 1 rings (SSSR count). The quantitative estimate of drug-likeness (QED) is 0.709. The van der Waals surface area contributed by atoms with Gasteiger partial charge in [0.15, 0.2) is 0 Å². The van der Waals surface area contributed by atoms with Crippen molar-refractivity contribution < 1.29 is 18.3 Å². The van der Waals surface area contributed by atoms with E-state index in [9.17, 15) is 4.57 Å². The zero-order chi connectivity index (χ0) is 13.6. The summed E-state index contributed by atoms with van der Waals surface area (Å²) in [4.78, 5) is 0. The fourth-order valence-corrected chi connectivity index (χ4v) is 3.58. The Bertz CT molecular complexity index is 426. The molecule has 6 heteroatoms. The summed E-state index contributed by atoms with van der Waals surface area (Å²) < 4.78 is 27.9. The maximum Gasteiger partial charge on any atom is 0.335 e. The van der Waals surface area contributed by atoms with Crippen LogP contribution in [0.4, 0.5) is 0 Å². The Morgan fingerprint density at radius 2 is 1.83 bits per heavy atom. The van der Waals surface area contributed by atoms with Crippen molar-refractivity contribution in [3.8, 4) is 5.75 Å². The van der Waals surface area contributed by atoms with Gasteiger partial charge in [0.2, 0.25) is 0 Å². The number of methoxy groups -OCH3 is 1. The molecule has 0 aliphatic heterocycles. The highest BCUT2D eigenvalue weighted by Crippen LogP contribution is 2.52. The van der Waals surface area contributed by atoms with Gasteiger partial charge in [0.1, 0.15) is 5.75 Å². The van der Waals surface area contributed by atoms with Crippen LogP contribution in [0.3, 0.4) is 0 Å². The lowest BCUT2D eigenvalue weighted by Crippen LogP contribution is -1.99. The van der Waals surface area contributed by atoms with Crippen LogP contribution < -0.4 is 4.74 Å². The Hall–Kier alpha value is -0.540. The predicted octanol–water partition coefficient (Wildman–Crippen LogP) is 4.11. The van der Waals surface area contributed by atoms with Gasteiger partial charge in [-0.3, -0.25) is 4.57 Å². The fraction of sp³-hybridized carbons (Fsp3) is 0.500. The molecule has 0 saturated heterocycles. The summed E-state index contributed by atoms with van der Waals surface area (Å²) in [7, 11) is -1.55. The maximum absolute atomic E-state index is 12.4. The van der Waals surface area contributed by atoms with Crippen LogP contribution in [0.25, 0.3) is 0 Å². The van der Waals surface area contributed by atoms with E-state index in [1.807, 2.05) is 0 Å². The van der Waals surface area contributed by atoms with E-state index in [0.717, 1.165) is 5.56 Å². The molecule has 0 unspecified atom stereocenters. The van der Waals surface area contributed by atoms with Gasteiger partial charge in [0.25, 0.3) is 0 Å². The van der Waals surface area contributed by atoms with Crippen LogP contribution in [-0.4, -0.2) is 20.3 Å². The molecule has 0 atom stereocenters. The second-order valence-electron chi connectivity index (χ2n) is 3.56. The molecule has 0 saturated carbocycles. The number of ether oxygens (including phenoxy) is 1. The highest BCUT2D eigenvalue weighted by atomic mass is 35.5. The van der Waals surface area contributed by atoms with Gasteiger partial charge in [-0.25, -0.2) is 0 Å². The maximum atomic E-state index is 12.4. The first kappa shape index (κ1) is 15.5. The highest BCUT2D eigenvalue weighted by Gasteiger charge is 2.25. The van der Waals surface area contributed by atoms with Gasteiger partial charge in [-0.1, -0.05) is 17.7 Å². The van der Waals surface area contributed by atoms with Crippen molar-refractivity contribution in [1.82, 2.24) is 0 Å². The van der Waals surface area contributed by atoms with Gasteiger partial charge in [0.05, 0.1) is 26.5 Å². The summed E-state index contributed by atoms with van der Waals surface area (Å²) in [6.45, 7) is 4.23. The van der Waals surface area contributed by atoms with Crippen LogP contribution >= 0.6 is 19.2 Å². The van der Waals surface area contributed by atoms with E-state index in [0.29, 0.717) is 24.0 Å². The van der Waals surface area contributed by atoms with Gasteiger partial charge in [-0.05, 0) is 31.5 Å². The molecule has 1 aromatic rings. The molecule has 0 spiro atoms. The first-order valence-corrected chi connectivity index (χ1v) is 7.85. The second kappa shape index (κ2) is 7.15. The standard InChI is InChI=1S/C12H18ClO4P/c1-4-16-18(14,17-5-2)9-10-6-7-11(15-3)8-12(10)13/h6-8H,4-5,9H2,1-3H3. The fourth-order valence-electron chi connectivity index (χ4n) is 1.51. The van der Waals surface area contributed by atoms with Gasteiger partial charge >= 0.3 is 7.60 Å². The van der Waals surface area contributed by atoms with Gasteiger partial charge in [-0.15, -0.1) is 0 Å². The van der Waals surface area contributed by atoms with E-state index >= 15 is 0 Å².